The number of aromatic nitrogens is 4. The zero-order chi connectivity index (χ0) is 12.7. The monoisotopic (exact) mass is 253 g/mol. The van der Waals surface area contributed by atoms with E-state index in [1.807, 2.05) is 0 Å². The van der Waals surface area contributed by atoms with Gasteiger partial charge in [-0.05, 0) is 0 Å². The van der Waals surface area contributed by atoms with Crippen molar-refractivity contribution in [2.75, 3.05) is 12.3 Å². The normalized spacial score (nSPS) is 28.0. The van der Waals surface area contributed by atoms with Crippen LogP contribution in [0.5, 0.6) is 0 Å². The Balaban J connectivity index is 2.02. The molecule has 3 N–H and O–H groups in total. The Morgan fingerprint density at radius 3 is 3.06 bits per heavy atom. The number of nitrogen functional groups attached to an aromatic ring is 1. The van der Waals surface area contributed by atoms with E-state index in [0.29, 0.717) is 11.2 Å². The molecule has 2 aromatic rings. The van der Waals surface area contributed by atoms with Crippen molar-refractivity contribution in [2.45, 2.75) is 24.9 Å². The molecule has 0 amide bonds. The van der Waals surface area contributed by atoms with Gasteiger partial charge in [0.25, 0.3) is 0 Å². The minimum absolute atomic E-state index is 0.154. The Morgan fingerprint density at radius 2 is 2.33 bits per heavy atom. The average Bonchev–Trinajstić information content (AvgIpc) is 2.93. The first kappa shape index (κ1) is 11.3. The molecule has 0 unspecified atom stereocenters. The number of fused-ring (bicyclic) bond motifs is 1. The van der Waals surface area contributed by atoms with Crippen LogP contribution < -0.4 is 5.73 Å². The topological polar surface area (TPSA) is 99.1 Å². The third-order valence-electron chi connectivity index (χ3n) is 2.99. The van der Waals surface area contributed by atoms with Crippen molar-refractivity contribution in [1.82, 2.24) is 19.5 Å². The van der Waals surface area contributed by atoms with Crippen molar-refractivity contribution in [1.29, 1.82) is 0 Å². The number of aliphatic hydroxyl groups is 1. The molecule has 0 saturated carbocycles. The molecule has 0 radical (unpaired) electrons. The van der Waals surface area contributed by atoms with Gasteiger partial charge in [-0.25, -0.2) is 19.3 Å². The van der Waals surface area contributed by atoms with Crippen molar-refractivity contribution in [2.24, 2.45) is 0 Å². The molecule has 96 valence electrons. The molecule has 1 aliphatic heterocycles. The van der Waals surface area contributed by atoms with Crippen LogP contribution in [-0.4, -0.2) is 43.5 Å². The maximum absolute atomic E-state index is 13.9. The van der Waals surface area contributed by atoms with E-state index in [9.17, 15) is 4.39 Å². The van der Waals surface area contributed by atoms with Crippen LogP contribution in [0.1, 0.15) is 12.6 Å². The summed E-state index contributed by atoms with van der Waals surface area (Å²) in [6.45, 7) is -0.208. The Labute approximate surface area is 101 Å². The molecule has 3 rings (SSSR count). The number of anilines is 1. The van der Waals surface area contributed by atoms with E-state index < -0.39 is 18.5 Å². The summed E-state index contributed by atoms with van der Waals surface area (Å²) in [6, 6.07) is 0. The van der Waals surface area contributed by atoms with Gasteiger partial charge in [0.1, 0.15) is 18.0 Å². The van der Waals surface area contributed by atoms with Gasteiger partial charge in [0.2, 0.25) is 0 Å². The summed E-state index contributed by atoms with van der Waals surface area (Å²) >= 11 is 0. The van der Waals surface area contributed by atoms with Crippen LogP contribution in [0.2, 0.25) is 0 Å². The predicted molar refractivity (Wildman–Crippen MR) is 60.2 cm³/mol. The highest BCUT2D eigenvalue weighted by Crippen LogP contribution is 2.33. The van der Waals surface area contributed by atoms with Crippen LogP contribution in [0.3, 0.4) is 0 Å². The lowest BCUT2D eigenvalue weighted by Gasteiger charge is -2.15. The van der Waals surface area contributed by atoms with Crippen LogP contribution in [-0.2, 0) is 4.74 Å². The van der Waals surface area contributed by atoms with Crippen LogP contribution >= 0.6 is 0 Å². The summed E-state index contributed by atoms with van der Waals surface area (Å²) in [5, 5.41) is 8.99. The second-order valence-electron chi connectivity index (χ2n) is 4.17. The highest BCUT2D eigenvalue weighted by atomic mass is 19.1. The molecule has 1 fully saturated rings. The van der Waals surface area contributed by atoms with Gasteiger partial charge in [-0.1, -0.05) is 0 Å². The molecule has 0 aromatic carbocycles. The first-order valence-electron chi connectivity index (χ1n) is 5.54. The van der Waals surface area contributed by atoms with Crippen LogP contribution in [0, 0.1) is 0 Å². The minimum Gasteiger partial charge on any atom is -0.394 e. The van der Waals surface area contributed by atoms with E-state index in [-0.39, 0.29) is 18.8 Å². The molecule has 1 saturated heterocycles. The third-order valence-corrected chi connectivity index (χ3v) is 2.99. The number of nitrogens with two attached hydrogens (primary N) is 1. The van der Waals surface area contributed by atoms with Gasteiger partial charge in [0, 0.05) is 6.42 Å². The van der Waals surface area contributed by atoms with Crippen molar-refractivity contribution in [3.8, 4) is 0 Å². The summed E-state index contributed by atoms with van der Waals surface area (Å²) in [4.78, 5) is 11.9. The molecule has 0 bridgehead atoms. The van der Waals surface area contributed by atoms with Gasteiger partial charge >= 0.3 is 0 Å². The fourth-order valence-corrected chi connectivity index (χ4v) is 2.12. The van der Waals surface area contributed by atoms with Gasteiger partial charge in [-0.2, -0.15) is 0 Å². The van der Waals surface area contributed by atoms with Gasteiger partial charge < -0.3 is 15.6 Å². The molecule has 0 spiro atoms. The number of imidazole rings is 1. The Bertz CT molecular complexity index is 574. The van der Waals surface area contributed by atoms with E-state index in [1.54, 1.807) is 0 Å². The third kappa shape index (κ3) is 1.61. The number of aliphatic hydroxyl groups excluding tert-OH is 1. The lowest BCUT2D eigenvalue weighted by molar-refractivity contribution is -0.0351. The number of rotatable bonds is 2. The number of nitrogens with zero attached hydrogens (tertiary/aromatic N) is 4. The highest BCUT2D eigenvalue weighted by molar-refractivity contribution is 5.81. The van der Waals surface area contributed by atoms with E-state index in [2.05, 4.69) is 15.0 Å². The summed E-state index contributed by atoms with van der Waals surface area (Å²) in [5.74, 6) is 0.242. The smallest absolute Gasteiger partial charge is 0.168 e. The number of halogens is 1. The Kier molecular flexibility index (Phi) is 2.60. The molecule has 3 atom stereocenters. The fraction of sp³-hybridized carbons (Fsp3) is 0.500. The molecule has 3 heterocycles. The molecule has 0 aliphatic carbocycles. The second-order valence-corrected chi connectivity index (χ2v) is 4.17. The zero-order valence-electron chi connectivity index (χ0n) is 9.40. The van der Waals surface area contributed by atoms with Crippen LogP contribution in [0.15, 0.2) is 12.7 Å². The summed E-state index contributed by atoms with van der Waals surface area (Å²) < 4.78 is 20.7. The Morgan fingerprint density at radius 1 is 1.50 bits per heavy atom. The number of alkyl halides is 1. The van der Waals surface area contributed by atoms with E-state index in [4.69, 9.17) is 15.6 Å². The van der Waals surface area contributed by atoms with Gasteiger partial charge in [-0.3, -0.25) is 4.57 Å². The summed E-state index contributed by atoms with van der Waals surface area (Å²) in [7, 11) is 0. The maximum Gasteiger partial charge on any atom is 0.168 e. The molecule has 7 nitrogen and oxygen atoms in total. The molecule has 18 heavy (non-hydrogen) atoms. The standard InChI is InChI=1S/C10H12FN5O2/c11-6-1-5(2-17)18-10(6)16-4-15-7-8(12)13-3-14-9(7)16/h3-6,10,17H,1-2H2,(H2,12,13,14)/t5-,6-,10-/m0/s1. The number of hydrogen-bond acceptors (Lipinski definition) is 6. The van der Waals surface area contributed by atoms with Crippen LogP contribution in [0.25, 0.3) is 11.2 Å². The lowest BCUT2D eigenvalue weighted by atomic mass is 10.2. The summed E-state index contributed by atoms with van der Waals surface area (Å²) in [5.41, 5.74) is 6.50. The number of hydrogen-bond donors (Lipinski definition) is 2. The lowest BCUT2D eigenvalue weighted by Crippen LogP contribution is -2.16. The zero-order valence-corrected chi connectivity index (χ0v) is 9.40. The fourth-order valence-electron chi connectivity index (χ4n) is 2.12. The summed E-state index contributed by atoms with van der Waals surface area (Å²) in [6.07, 6.45) is 0.328. The van der Waals surface area contributed by atoms with Gasteiger partial charge in [-0.15, -0.1) is 0 Å². The molecule has 1 aliphatic rings. The van der Waals surface area contributed by atoms with Crippen molar-refractivity contribution in [3.63, 3.8) is 0 Å². The molecule has 2 aromatic heterocycles. The Hall–Kier alpha value is -1.80. The molecular formula is C10H12FN5O2. The number of ether oxygens (including phenoxy) is 1. The highest BCUT2D eigenvalue weighted by Gasteiger charge is 2.37. The van der Waals surface area contributed by atoms with Gasteiger partial charge in [0.15, 0.2) is 17.7 Å². The SMILES string of the molecule is Nc1ncnc2c1ncn2[C@H]1O[C@H](CO)C[C@@H]1F. The molecular weight excluding hydrogens is 241 g/mol. The second kappa shape index (κ2) is 4.14. The average molecular weight is 253 g/mol. The maximum atomic E-state index is 13.9. The largest absolute Gasteiger partial charge is 0.394 e. The van der Waals surface area contributed by atoms with E-state index >= 15 is 0 Å². The van der Waals surface area contributed by atoms with Crippen LogP contribution in [0.4, 0.5) is 10.2 Å². The van der Waals surface area contributed by atoms with Crippen molar-refractivity contribution < 1.29 is 14.2 Å². The predicted octanol–water partition coefficient (Wildman–Crippen LogP) is 0.0264. The van der Waals surface area contributed by atoms with Crippen molar-refractivity contribution in [3.05, 3.63) is 12.7 Å². The van der Waals surface area contributed by atoms with E-state index in [0.717, 1.165) is 0 Å². The van der Waals surface area contributed by atoms with Gasteiger partial charge in [0.05, 0.1) is 19.0 Å². The minimum atomic E-state index is -1.21. The van der Waals surface area contributed by atoms with E-state index in [1.165, 1.54) is 17.2 Å². The quantitative estimate of drug-likeness (QED) is 0.783. The first-order chi connectivity index (χ1) is 8.70. The molecule has 8 heteroatoms. The first-order valence-corrected chi connectivity index (χ1v) is 5.54. The van der Waals surface area contributed by atoms with Crippen molar-refractivity contribution >= 4 is 17.0 Å².